The monoisotopic (exact) mass is 1450 g/mol. The third kappa shape index (κ3) is 72.8. The van der Waals surface area contributed by atoms with Crippen LogP contribution in [0.25, 0.3) is 0 Å². The fraction of sp³-hybridized carbons (Fsp3) is 0.950. The number of hydrogen-bond acceptors (Lipinski definition) is 15. The van der Waals surface area contributed by atoms with Gasteiger partial charge in [-0.3, -0.25) is 37.3 Å². The molecule has 0 aliphatic heterocycles. The molecule has 17 nitrogen and oxygen atoms in total. The molecule has 19 heteroatoms. The number of rotatable bonds is 79. The van der Waals surface area contributed by atoms with Crippen LogP contribution in [0.2, 0.25) is 0 Å². The Kier molecular flexibility index (Phi) is 70.3. The van der Waals surface area contributed by atoms with Crippen molar-refractivity contribution in [2.24, 2.45) is 11.8 Å². The van der Waals surface area contributed by atoms with Crippen molar-refractivity contribution in [2.75, 3.05) is 39.6 Å². The molecule has 0 aromatic heterocycles. The van der Waals surface area contributed by atoms with Gasteiger partial charge in [-0.1, -0.05) is 369 Å². The first-order valence-corrected chi connectivity index (χ1v) is 44.5. The van der Waals surface area contributed by atoms with Crippen LogP contribution in [0.1, 0.15) is 420 Å². The van der Waals surface area contributed by atoms with Crippen molar-refractivity contribution in [3.63, 3.8) is 0 Å². The van der Waals surface area contributed by atoms with E-state index in [1.807, 2.05) is 0 Å². The first kappa shape index (κ1) is 97.1. The second-order valence-electron chi connectivity index (χ2n) is 29.5. The zero-order valence-electron chi connectivity index (χ0n) is 64.8. The van der Waals surface area contributed by atoms with Gasteiger partial charge >= 0.3 is 39.5 Å². The molecule has 0 aromatic rings. The van der Waals surface area contributed by atoms with E-state index in [-0.39, 0.29) is 25.7 Å². The van der Waals surface area contributed by atoms with E-state index in [1.165, 1.54) is 238 Å². The normalized spacial score (nSPS) is 14.2. The van der Waals surface area contributed by atoms with Crippen LogP contribution in [0.3, 0.4) is 0 Å². The molecule has 0 radical (unpaired) electrons. The highest BCUT2D eigenvalue weighted by atomic mass is 31.2. The van der Waals surface area contributed by atoms with E-state index in [4.69, 9.17) is 37.0 Å². The Hall–Kier alpha value is -1.94. The molecule has 3 unspecified atom stereocenters. The Bertz CT molecular complexity index is 1910. The fourth-order valence-corrected chi connectivity index (χ4v) is 13.9. The Morgan fingerprint density at radius 3 is 0.768 bits per heavy atom. The molecule has 0 amide bonds. The Labute approximate surface area is 607 Å². The molecule has 0 saturated heterocycles. The number of phosphoric acid groups is 2. The lowest BCUT2D eigenvalue weighted by Crippen LogP contribution is -2.30. The average Bonchev–Trinajstić information content (AvgIpc) is 1.02. The van der Waals surface area contributed by atoms with Crippen molar-refractivity contribution in [1.82, 2.24) is 0 Å². The van der Waals surface area contributed by atoms with E-state index in [1.54, 1.807) is 0 Å². The maximum atomic E-state index is 13.1. The molecule has 0 aliphatic carbocycles. The lowest BCUT2D eigenvalue weighted by molar-refractivity contribution is -0.161. The van der Waals surface area contributed by atoms with Crippen LogP contribution in [0.4, 0.5) is 0 Å². The number of carbonyl (C=O) groups is 4. The average molecular weight is 1450 g/mol. The highest BCUT2D eigenvalue weighted by Crippen LogP contribution is 2.45. The molecule has 0 fully saturated rings. The van der Waals surface area contributed by atoms with Gasteiger partial charge in [-0.15, -0.1) is 0 Å². The SMILES string of the molecule is CCCCCCCCCCCCCCCCCC(=O)OC[C@H](COP(=O)(O)OC[C@@H](O)COP(=O)(O)OC[C@@H](COC(=O)CCCCCCCCCCCCCC)OC(=O)CCCCCCCCCCCCCC(C)C)OC(=O)CCCCCCCCCCCCCCCCC(C)CC. The van der Waals surface area contributed by atoms with E-state index in [2.05, 4.69) is 41.5 Å². The summed E-state index contributed by atoms with van der Waals surface area (Å²) in [6.07, 6.45) is 60.8. The minimum atomic E-state index is -4.96. The van der Waals surface area contributed by atoms with Crippen molar-refractivity contribution in [3.05, 3.63) is 0 Å². The number of hydrogen-bond donors (Lipinski definition) is 3. The quantitative estimate of drug-likeness (QED) is 0.0222. The van der Waals surface area contributed by atoms with Gasteiger partial charge in [-0.05, 0) is 37.5 Å². The topological polar surface area (TPSA) is 237 Å². The van der Waals surface area contributed by atoms with Gasteiger partial charge in [-0.2, -0.15) is 0 Å². The summed E-state index contributed by atoms with van der Waals surface area (Å²) in [6, 6.07) is 0. The summed E-state index contributed by atoms with van der Waals surface area (Å²) >= 11 is 0. The molecule has 588 valence electrons. The molecule has 0 aromatic carbocycles. The standard InChI is InChI=1S/C80H156O17P2/c1-7-10-12-14-16-18-20-22-23-27-33-39-45-51-57-63-78(83)91-69-75(96-79(84)64-58-52-46-40-34-28-25-24-26-31-37-43-49-55-61-73(6)9-3)70-94-98(86,87)92-66-74(81)67-93-99(88,89)95-71-76(68-90-77(82)62-56-50-44-38-32-21-19-17-15-13-11-8-2)97-80(85)65-59-53-47-41-35-29-30-36-42-48-54-60-72(4)5/h72-76,81H,7-71H2,1-6H3,(H,86,87)(H,88,89)/t73?,74-,75-,76-/m1/s1. The van der Waals surface area contributed by atoms with E-state index in [0.717, 1.165) is 102 Å². The Balaban J connectivity index is 5.26. The van der Waals surface area contributed by atoms with Gasteiger partial charge in [-0.25, -0.2) is 9.13 Å². The summed E-state index contributed by atoms with van der Waals surface area (Å²) in [5.74, 6) is -0.496. The third-order valence-electron chi connectivity index (χ3n) is 19.1. The molecular formula is C80H156O17P2. The van der Waals surface area contributed by atoms with Crippen LogP contribution in [0.15, 0.2) is 0 Å². The minimum Gasteiger partial charge on any atom is -0.462 e. The van der Waals surface area contributed by atoms with Gasteiger partial charge in [0.15, 0.2) is 12.2 Å². The number of carbonyl (C=O) groups excluding carboxylic acids is 4. The van der Waals surface area contributed by atoms with Crippen LogP contribution in [-0.2, 0) is 65.4 Å². The Morgan fingerprint density at radius 2 is 0.515 bits per heavy atom. The fourth-order valence-electron chi connectivity index (χ4n) is 12.3. The van der Waals surface area contributed by atoms with Crippen molar-refractivity contribution < 1.29 is 80.2 Å². The van der Waals surface area contributed by atoms with Crippen LogP contribution in [-0.4, -0.2) is 96.7 Å². The molecule has 0 saturated carbocycles. The van der Waals surface area contributed by atoms with Gasteiger partial charge in [0.1, 0.15) is 19.3 Å². The number of phosphoric ester groups is 2. The van der Waals surface area contributed by atoms with E-state index in [9.17, 15) is 43.2 Å². The highest BCUT2D eigenvalue weighted by molar-refractivity contribution is 7.47. The summed E-state index contributed by atoms with van der Waals surface area (Å²) in [5.41, 5.74) is 0. The largest absolute Gasteiger partial charge is 0.472 e. The molecule has 3 N–H and O–H groups in total. The number of unbranched alkanes of at least 4 members (excludes halogenated alkanes) is 48. The minimum absolute atomic E-state index is 0.107. The van der Waals surface area contributed by atoms with Gasteiger partial charge in [0.05, 0.1) is 26.4 Å². The number of aliphatic hydroxyl groups excluding tert-OH is 1. The van der Waals surface area contributed by atoms with Crippen molar-refractivity contribution in [3.8, 4) is 0 Å². The number of esters is 4. The van der Waals surface area contributed by atoms with Gasteiger partial charge in [0.25, 0.3) is 0 Å². The smallest absolute Gasteiger partial charge is 0.462 e. The van der Waals surface area contributed by atoms with Gasteiger partial charge in [0, 0.05) is 25.7 Å². The van der Waals surface area contributed by atoms with Crippen LogP contribution in [0.5, 0.6) is 0 Å². The number of ether oxygens (including phenoxy) is 4. The predicted octanol–water partition coefficient (Wildman–Crippen LogP) is 23.9. The van der Waals surface area contributed by atoms with Crippen molar-refractivity contribution in [1.29, 1.82) is 0 Å². The summed E-state index contributed by atoms with van der Waals surface area (Å²) in [4.78, 5) is 73.0. The maximum Gasteiger partial charge on any atom is 0.472 e. The summed E-state index contributed by atoms with van der Waals surface area (Å²) in [6.45, 7) is 9.69. The summed E-state index contributed by atoms with van der Waals surface area (Å²) < 4.78 is 68.7. The predicted molar refractivity (Wildman–Crippen MR) is 405 cm³/mol. The summed E-state index contributed by atoms with van der Waals surface area (Å²) in [5, 5.41) is 10.6. The number of aliphatic hydroxyl groups is 1. The van der Waals surface area contributed by atoms with Crippen LogP contribution in [0, 0.1) is 11.8 Å². The first-order chi connectivity index (χ1) is 47.9. The maximum absolute atomic E-state index is 13.1. The van der Waals surface area contributed by atoms with Crippen LogP contribution >= 0.6 is 15.6 Å². The zero-order chi connectivity index (χ0) is 72.8. The summed E-state index contributed by atoms with van der Waals surface area (Å²) in [7, 11) is -9.92. The van der Waals surface area contributed by atoms with Crippen molar-refractivity contribution in [2.45, 2.75) is 439 Å². The Morgan fingerprint density at radius 1 is 0.293 bits per heavy atom. The zero-order valence-corrected chi connectivity index (χ0v) is 66.6. The van der Waals surface area contributed by atoms with E-state index in [0.29, 0.717) is 25.7 Å². The second-order valence-corrected chi connectivity index (χ2v) is 32.4. The van der Waals surface area contributed by atoms with E-state index >= 15 is 0 Å². The molecule has 0 bridgehead atoms. The molecule has 0 spiro atoms. The molecule has 0 rings (SSSR count). The van der Waals surface area contributed by atoms with Gasteiger partial charge < -0.3 is 33.8 Å². The van der Waals surface area contributed by atoms with Crippen LogP contribution < -0.4 is 0 Å². The second kappa shape index (κ2) is 71.7. The van der Waals surface area contributed by atoms with Crippen molar-refractivity contribution >= 4 is 39.5 Å². The molecule has 99 heavy (non-hydrogen) atoms. The third-order valence-corrected chi connectivity index (χ3v) is 21.0. The highest BCUT2D eigenvalue weighted by Gasteiger charge is 2.30. The molecular weight excluding hydrogens is 1290 g/mol. The molecule has 6 atom stereocenters. The lowest BCUT2D eigenvalue weighted by Gasteiger charge is -2.21. The molecule has 0 heterocycles. The first-order valence-electron chi connectivity index (χ1n) is 41.5. The molecule has 0 aliphatic rings. The lowest BCUT2D eigenvalue weighted by atomic mass is 9.99. The van der Waals surface area contributed by atoms with Gasteiger partial charge in [0.2, 0.25) is 0 Å². The van der Waals surface area contributed by atoms with E-state index < -0.39 is 97.5 Å².